The van der Waals surface area contributed by atoms with Crippen molar-refractivity contribution in [3.8, 4) is 0 Å². The standard InChI is InChI=1S/C25H35N3O/c1-3-4-5-6-7-8-11-18-29-20-28-24-13-10-9-12-23(24)27(25(28)26)19-22-16-14-21(2)15-17-22/h9-10,12-17,26H,3-8,11,18-20H2,1-2H3. The summed E-state index contributed by atoms with van der Waals surface area (Å²) >= 11 is 0. The van der Waals surface area contributed by atoms with Crippen LogP contribution in [0.15, 0.2) is 48.5 Å². The number of hydrogen-bond acceptors (Lipinski definition) is 2. The van der Waals surface area contributed by atoms with Gasteiger partial charge in [-0.2, -0.15) is 0 Å². The summed E-state index contributed by atoms with van der Waals surface area (Å²) < 4.78 is 9.99. The van der Waals surface area contributed by atoms with Crippen molar-refractivity contribution in [2.75, 3.05) is 6.61 Å². The van der Waals surface area contributed by atoms with Gasteiger partial charge >= 0.3 is 0 Å². The molecule has 0 aliphatic carbocycles. The molecule has 0 saturated carbocycles. The van der Waals surface area contributed by atoms with Crippen molar-refractivity contribution in [1.29, 1.82) is 5.41 Å². The van der Waals surface area contributed by atoms with Crippen molar-refractivity contribution in [3.63, 3.8) is 0 Å². The molecule has 29 heavy (non-hydrogen) atoms. The average molecular weight is 394 g/mol. The molecular formula is C25H35N3O. The van der Waals surface area contributed by atoms with E-state index in [1.807, 2.05) is 16.7 Å². The van der Waals surface area contributed by atoms with Gasteiger partial charge in [-0.05, 0) is 31.0 Å². The van der Waals surface area contributed by atoms with Gasteiger partial charge in [0.1, 0.15) is 6.73 Å². The van der Waals surface area contributed by atoms with Gasteiger partial charge in [-0.1, -0.05) is 87.4 Å². The van der Waals surface area contributed by atoms with Crippen LogP contribution in [0.5, 0.6) is 0 Å². The number of fused-ring (bicyclic) bond motifs is 1. The van der Waals surface area contributed by atoms with Crippen LogP contribution in [-0.4, -0.2) is 15.7 Å². The third kappa shape index (κ3) is 5.83. The minimum Gasteiger partial charge on any atom is -0.361 e. The Kier molecular flexibility index (Phi) is 8.12. The summed E-state index contributed by atoms with van der Waals surface area (Å²) in [5.74, 6) is 0. The maximum absolute atomic E-state index is 8.72. The monoisotopic (exact) mass is 393 g/mol. The van der Waals surface area contributed by atoms with Crippen LogP contribution in [-0.2, 0) is 18.0 Å². The first-order valence-electron chi connectivity index (χ1n) is 11.1. The number of benzene rings is 2. The van der Waals surface area contributed by atoms with Gasteiger partial charge in [0, 0.05) is 6.61 Å². The molecule has 0 saturated heterocycles. The molecule has 0 unspecified atom stereocenters. The molecule has 0 fully saturated rings. The van der Waals surface area contributed by atoms with Crippen LogP contribution in [0.4, 0.5) is 0 Å². The number of nitrogens with zero attached hydrogens (tertiary/aromatic N) is 2. The molecular weight excluding hydrogens is 358 g/mol. The Morgan fingerprint density at radius 1 is 0.793 bits per heavy atom. The Bertz CT molecular complexity index is 937. The molecule has 4 heteroatoms. The number of nitrogens with one attached hydrogen (secondary N) is 1. The number of para-hydroxylation sites is 2. The van der Waals surface area contributed by atoms with E-state index >= 15 is 0 Å². The highest BCUT2D eigenvalue weighted by atomic mass is 16.5. The quantitative estimate of drug-likeness (QED) is 0.377. The number of rotatable bonds is 12. The minimum absolute atomic E-state index is 0.441. The van der Waals surface area contributed by atoms with Gasteiger partial charge in [-0.15, -0.1) is 0 Å². The lowest BCUT2D eigenvalue weighted by Crippen LogP contribution is -2.26. The van der Waals surface area contributed by atoms with Crippen molar-refractivity contribution < 1.29 is 4.74 Å². The molecule has 0 spiro atoms. The molecule has 1 N–H and O–H groups in total. The molecule has 156 valence electrons. The van der Waals surface area contributed by atoms with Crippen LogP contribution in [0.3, 0.4) is 0 Å². The molecule has 3 rings (SSSR count). The van der Waals surface area contributed by atoms with Gasteiger partial charge in [0.25, 0.3) is 0 Å². The topological polar surface area (TPSA) is 42.9 Å². The summed E-state index contributed by atoms with van der Waals surface area (Å²) in [4.78, 5) is 0. The molecule has 4 nitrogen and oxygen atoms in total. The predicted molar refractivity (Wildman–Crippen MR) is 120 cm³/mol. The van der Waals surface area contributed by atoms with Gasteiger partial charge in [0.2, 0.25) is 5.62 Å². The smallest absolute Gasteiger partial charge is 0.205 e. The molecule has 3 aromatic rings. The van der Waals surface area contributed by atoms with Crippen LogP contribution < -0.4 is 5.62 Å². The number of ether oxygens (including phenoxy) is 1. The largest absolute Gasteiger partial charge is 0.361 e. The van der Waals surface area contributed by atoms with Crippen LogP contribution in [0.1, 0.15) is 63.0 Å². The van der Waals surface area contributed by atoms with Gasteiger partial charge in [0.15, 0.2) is 0 Å². The second-order valence-electron chi connectivity index (χ2n) is 7.97. The van der Waals surface area contributed by atoms with Crippen LogP contribution in [0.2, 0.25) is 0 Å². The molecule has 0 atom stereocenters. The number of aromatic nitrogens is 2. The van der Waals surface area contributed by atoms with Crippen LogP contribution >= 0.6 is 0 Å². The zero-order chi connectivity index (χ0) is 20.5. The van der Waals surface area contributed by atoms with E-state index < -0.39 is 0 Å². The number of unbranched alkanes of at least 4 members (excludes halogenated alkanes) is 6. The van der Waals surface area contributed by atoms with Crippen molar-refractivity contribution in [2.45, 2.75) is 72.1 Å². The Labute approximate surface area is 174 Å². The Balaban J connectivity index is 1.61. The van der Waals surface area contributed by atoms with E-state index in [-0.39, 0.29) is 0 Å². The fourth-order valence-corrected chi connectivity index (χ4v) is 3.78. The lowest BCUT2D eigenvalue weighted by molar-refractivity contribution is 0.0730. The molecule has 0 amide bonds. The zero-order valence-corrected chi connectivity index (χ0v) is 18.0. The fourth-order valence-electron chi connectivity index (χ4n) is 3.78. The van der Waals surface area contributed by atoms with E-state index in [1.54, 1.807) is 0 Å². The van der Waals surface area contributed by atoms with Gasteiger partial charge < -0.3 is 9.30 Å². The highest BCUT2D eigenvalue weighted by Gasteiger charge is 2.11. The summed E-state index contributed by atoms with van der Waals surface area (Å²) in [5, 5.41) is 8.72. The molecule has 2 aromatic carbocycles. The lowest BCUT2D eigenvalue weighted by atomic mass is 10.1. The number of imidazole rings is 1. The SMILES string of the molecule is CCCCCCCCCOCn1c(=N)n(Cc2ccc(C)cc2)c2ccccc21. The molecule has 1 aromatic heterocycles. The van der Waals surface area contributed by atoms with Crippen LogP contribution in [0, 0.1) is 12.3 Å². The van der Waals surface area contributed by atoms with E-state index in [4.69, 9.17) is 10.1 Å². The fraction of sp³-hybridized carbons (Fsp3) is 0.480. The maximum atomic E-state index is 8.72. The number of hydrogen-bond donors (Lipinski definition) is 1. The normalized spacial score (nSPS) is 11.4. The highest BCUT2D eigenvalue weighted by Crippen LogP contribution is 2.15. The Morgan fingerprint density at radius 2 is 1.41 bits per heavy atom. The third-order valence-corrected chi connectivity index (χ3v) is 5.55. The first-order valence-corrected chi connectivity index (χ1v) is 11.1. The molecule has 0 aliphatic rings. The van der Waals surface area contributed by atoms with Gasteiger partial charge in [-0.25, -0.2) is 0 Å². The summed E-state index contributed by atoms with van der Waals surface area (Å²) in [7, 11) is 0. The van der Waals surface area contributed by atoms with E-state index in [1.165, 1.54) is 49.7 Å². The molecule has 0 bridgehead atoms. The lowest BCUT2D eigenvalue weighted by Gasteiger charge is -2.07. The summed E-state index contributed by atoms with van der Waals surface area (Å²) in [5.41, 5.74) is 5.10. The maximum Gasteiger partial charge on any atom is 0.205 e. The van der Waals surface area contributed by atoms with E-state index in [9.17, 15) is 0 Å². The van der Waals surface area contributed by atoms with E-state index in [2.05, 4.69) is 54.8 Å². The van der Waals surface area contributed by atoms with Crippen molar-refractivity contribution in [2.24, 2.45) is 0 Å². The zero-order valence-electron chi connectivity index (χ0n) is 18.0. The highest BCUT2D eigenvalue weighted by molar-refractivity contribution is 5.75. The first kappa shape index (κ1) is 21.4. The van der Waals surface area contributed by atoms with Crippen molar-refractivity contribution >= 4 is 11.0 Å². The van der Waals surface area contributed by atoms with Crippen molar-refractivity contribution in [3.05, 3.63) is 65.3 Å². The molecule has 0 aliphatic heterocycles. The van der Waals surface area contributed by atoms with E-state index in [0.717, 1.165) is 24.1 Å². The van der Waals surface area contributed by atoms with Gasteiger partial charge in [-0.3, -0.25) is 9.98 Å². The molecule has 1 heterocycles. The minimum atomic E-state index is 0.441. The second kappa shape index (κ2) is 11.0. The summed E-state index contributed by atoms with van der Waals surface area (Å²) in [6.07, 6.45) is 8.98. The van der Waals surface area contributed by atoms with Crippen LogP contribution in [0.25, 0.3) is 11.0 Å². The molecule has 0 radical (unpaired) electrons. The Hall–Kier alpha value is -2.33. The second-order valence-corrected chi connectivity index (χ2v) is 7.97. The Morgan fingerprint density at radius 3 is 2.10 bits per heavy atom. The predicted octanol–water partition coefficient (Wildman–Crippen LogP) is 6.00. The summed E-state index contributed by atoms with van der Waals surface area (Å²) in [6, 6.07) is 16.8. The van der Waals surface area contributed by atoms with Gasteiger partial charge in [0.05, 0.1) is 17.6 Å². The third-order valence-electron chi connectivity index (χ3n) is 5.55. The van der Waals surface area contributed by atoms with E-state index in [0.29, 0.717) is 18.9 Å². The number of aryl methyl sites for hydroxylation is 1. The first-order chi connectivity index (χ1) is 14.2. The summed E-state index contributed by atoms with van der Waals surface area (Å²) in [6.45, 7) is 6.25. The van der Waals surface area contributed by atoms with Crippen molar-refractivity contribution in [1.82, 2.24) is 9.13 Å². The average Bonchev–Trinajstić information content (AvgIpc) is 3.00.